The number of aromatic amines is 1. The molecular weight excluding hydrogens is 422 g/mol. The predicted molar refractivity (Wildman–Crippen MR) is 129 cm³/mol. The molecule has 3 aromatic rings. The fraction of sp³-hybridized carbons (Fsp3) is 0.407. The SMILES string of the molecule is CC(C)(C)OC(=O)c1ccc2c(C3CCCCC3)c(Cc3ccc(Cl)cc3C=O)[nH]c2c1. The summed E-state index contributed by atoms with van der Waals surface area (Å²) in [4.78, 5) is 27.8. The highest BCUT2D eigenvalue weighted by molar-refractivity contribution is 6.30. The van der Waals surface area contributed by atoms with E-state index < -0.39 is 5.60 Å². The van der Waals surface area contributed by atoms with E-state index in [2.05, 4.69) is 4.98 Å². The summed E-state index contributed by atoms with van der Waals surface area (Å²) in [5.41, 5.74) is 4.92. The minimum atomic E-state index is -0.542. The van der Waals surface area contributed by atoms with Gasteiger partial charge in [-0.3, -0.25) is 4.79 Å². The highest BCUT2D eigenvalue weighted by Gasteiger charge is 2.25. The Hall–Kier alpha value is -2.59. The van der Waals surface area contributed by atoms with E-state index in [1.807, 2.05) is 51.1 Å². The second-order valence-corrected chi connectivity index (χ2v) is 10.2. The zero-order valence-electron chi connectivity index (χ0n) is 19.0. The van der Waals surface area contributed by atoms with Crippen molar-refractivity contribution in [2.75, 3.05) is 0 Å². The zero-order valence-corrected chi connectivity index (χ0v) is 19.7. The zero-order chi connectivity index (χ0) is 22.9. The molecule has 1 aliphatic carbocycles. The number of halogens is 1. The Morgan fingerprint density at radius 2 is 1.88 bits per heavy atom. The smallest absolute Gasteiger partial charge is 0.338 e. The predicted octanol–water partition coefficient (Wildman–Crippen LogP) is 7.23. The van der Waals surface area contributed by atoms with Gasteiger partial charge in [0.15, 0.2) is 0 Å². The lowest BCUT2D eigenvalue weighted by atomic mass is 9.82. The molecule has 1 saturated carbocycles. The number of benzene rings is 2. The van der Waals surface area contributed by atoms with Gasteiger partial charge < -0.3 is 9.72 Å². The summed E-state index contributed by atoms with van der Waals surface area (Å²) in [6.07, 6.45) is 7.55. The van der Waals surface area contributed by atoms with E-state index >= 15 is 0 Å². The van der Waals surface area contributed by atoms with Gasteiger partial charge in [-0.1, -0.05) is 43.0 Å². The maximum Gasteiger partial charge on any atom is 0.338 e. The lowest BCUT2D eigenvalue weighted by Gasteiger charge is -2.23. The molecule has 0 saturated heterocycles. The number of carbonyl (C=O) groups is 2. The van der Waals surface area contributed by atoms with E-state index in [9.17, 15) is 9.59 Å². The summed E-state index contributed by atoms with van der Waals surface area (Å²) in [5, 5.41) is 1.71. The van der Waals surface area contributed by atoms with Crippen molar-refractivity contribution in [3.8, 4) is 0 Å². The number of hydrogen-bond donors (Lipinski definition) is 1. The van der Waals surface area contributed by atoms with E-state index in [4.69, 9.17) is 16.3 Å². The van der Waals surface area contributed by atoms with Crippen LogP contribution >= 0.6 is 11.6 Å². The maximum absolute atomic E-state index is 12.6. The Morgan fingerprint density at radius 3 is 2.56 bits per heavy atom. The van der Waals surface area contributed by atoms with Crippen LogP contribution in [0.15, 0.2) is 36.4 Å². The molecule has 1 aliphatic rings. The van der Waals surface area contributed by atoms with Crippen LogP contribution in [0.5, 0.6) is 0 Å². The average Bonchev–Trinajstić information content (AvgIpc) is 3.11. The second-order valence-electron chi connectivity index (χ2n) is 9.75. The highest BCUT2D eigenvalue weighted by Crippen LogP contribution is 2.40. The van der Waals surface area contributed by atoms with Crippen LogP contribution in [0.3, 0.4) is 0 Å². The molecule has 0 radical (unpaired) electrons. The Labute approximate surface area is 194 Å². The van der Waals surface area contributed by atoms with Gasteiger partial charge in [-0.2, -0.15) is 0 Å². The summed E-state index contributed by atoms with van der Waals surface area (Å²) in [7, 11) is 0. The molecule has 168 valence electrons. The molecule has 0 amide bonds. The van der Waals surface area contributed by atoms with Crippen molar-refractivity contribution in [2.45, 2.75) is 70.8 Å². The number of fused-ring (bicyclic) bond motifs is 1. The lowest BCUT2D eigenvalue weighted by Crippen LogP contribution is -2.23. The number of hydrogen-bond acceptors (Lipinski definition) is 3. The van der Waals surface area contributed by atoms with Crippen LogP contribution in [0.25, 0.3) is 10.9 Å². The Kier molecular flexibility index (Phi) is 6.43. The summed E-state index contributed by atoms with van der Waals surface area (Å²) < 4.78 is 5.56. The fourth-order valence-electron chi connectivity index (χ4n) is 4.76. The first kappa shape index (κ1) is 22.6. The quantitative estimate of drug-likeness (QED) is 0.329. The van der Waals surface area contributed by atoms with Crippen molar-refractivity contribution in [1.82, 2.24) is 4.98 Å². The van der Waals surface area contributed by atoms with E-state index in [0.717, 1.165) is 41.3 Å². The van der Waals surface area contributed by atoms with Crippen LogP contribution in [0.4, 0.5) is 0 Å². The Morgan fingerprint density at radius 1 is 1.12 bits per heavy atom. The standard InChI is InChI=1S/C27H30ClNO3/c1-27(2,3)32-26(31)19-10-12-22-23(15-19)29-24(25(22)17-7-5-4-6-8-17)14-18-9-11-21(28)13-20(18)16-30/h9-13,15-17,29H,4-8,14H2,1-3H3. The van der Waals surface area contributed by atoms with Crippen LogP contribution in [0.2, 0.25) is 5.02 Å². The summed E-state index contributed by atoms with van der Waals surface area (Å²) >= 11 is 6.10. The molecular formula is C27H30ClNO3. The third-order valence-corrected chi connectivity index (χ3v) is 6.41. The Bertz CT molecular complexity index is 1150. The van der Waals surface area contributed by atoms with Crippen LogP contribution in [-0.2, 0) is 11.2 Å². The van der Waals surface area contributed by atoms with Gasteiger partial charge in [0.1, 0.15) is 11.9 Å². The molecule has 32 heavy (non-hydrogen) atoms. The fourth-order valence-corrected chi connectivity index (χ4v) is 4.94. The van der Waals surface area contributed by atoms with E-state index in [1.54, 1.807) is 6.07 Å². The molecule has 1 aromatic heterocycles. The summed E-state index contributed by atoms with van der Waals surface area (Å²) in [6, 6.07) is 11.3. The van der Waals surface area contributed by atoms with Crippen molar-refractivity contribution in [3.63, 3.8) is 0 Å². The second kappa shape index (κ2) is 9.11. The number of aromatic nitrogens is 1. The topological polar surface area (TPSA) is 59.2 Å². The van der Waals surface area contributed by atoms with E-state index in [0.29, 0.717) is 28.5 Å². The molecule has 0 unspecified atom stereocenters. The molecule has 4 rings (SSSR count). The first-order valence-corrected chi connectivity index (χ1v) is 11.7. The van der Waals surface area contributed by atoms with Gasteiger partial charge in [0.05, 0.1) is 5.56 Å². The molecule has 2 aromatic carbocycles. The molecule has 0 spiro atoms. The van der Waals surface area contributed by atoms with Gasteiger partial charge in [0.2, 0.25) is 0 Å². The summed E-state index contributed by atoms with van der Waals surface area (Å²) in [6.45, 7) is 5.61. The first-order chi connectivity index (χ1) is 15.2. The van der Waals surface area contributed by atoms with Gasteiger partial charge in [-0.25, -0.2) is 4.79 Å². The van der Waals surface area contributed by atoms with Crippen molar-refractivity contribution in [2.24, 2.45) is 0 Å². The number of esters is 1. The molecule has 0 atom stereocenters. The van der Waals surface area contributed by atoms with Crippen molar-refractivity contribution in [1.29, 1.82) is 0 Å². The molecule has 4 nitrogen and oxygen atoms in total. The highest BCUT2D eigenvalue weighted by atomic mass is 35.5. The first-order valence-electron chi connectivity index (χ1n) is 11.4. The van der Waals surface area contributed by atoms with Gasteiger partial charge in [-0.15, -0.1) is 0 Å². The molecule has 0 aliphatic heterocycles. The number of aldehydes is 1. The van der Waals surface area contributed by atoms with Crippen LogP contribution in [-0.4, -0.2) is 22.8 Å². The minimum Gasteiger partial charge on any atom is -0.456 e. The summed E-state index contributed by atoms with van der Waals surface area (Å²) in [5.74, 6) is 0.155. The molecule has 1 N–H and O–H groups in total. The van der Waals surface area contributed by atoms with Gasteiger partial charge >= 0.3 is 5.97 Å². The van der Waals surface area contributed by atoms with E-state index in [-0.39, 0.29) is 5.97 Å². The molecule has 0 bridgehead atoms. The molecule has 1 heterocycles. The van der Waals surface area contributed by atoms with Gasteiger partial charge in [0, 0.05) is 33.6 Å². The number of nitrogens with one attached hydrogen (secondary N) is 1. The number of carbonyl (C=O) groups excluding carboxylic acids is 2. The van der Waals surface area contributed by atoms with Crippen molar-refractivity contribution >= 4 is 34.8 Å². The largest absolute Gasteiger partial charge is 0.456 e. The van der Waals surface area contributed by atoms with Crippen molar-refractivity contribution < 1.29 is 14.3 Å². The van der Waals surface area contributed by atoms with Crippen molar-refractivity contribution in [3.05, 3.63) is 69.4 Å². The average molecular weight is 452 g/mol. The number of ether oxygens (including phenoxy) is 1. The third-order valence-electron chi connectivity index (χ3n) is 6.17. The third kappa shape index (κ3) is 4.91. The number of rotatable bonds is 5. The minimum absolute atomic E-state index is 0.323. The molecule has 5 heteroatoms. The van der Waals surface area contributed by atoms with Gasteiger partial charge in [0.25, 0.3) is 0 Å². The Balaban J connectivity index is 1.78. The normalized spacial score (nSPS) is 15.1. The van der Waals surface area contributed by atoms with Gasteiger partial charge in [-0.05, 0) is 74.9 Å². The monoisotopic (exact) mass is 451 g/mol. The lowest BCUT2D eigenvalue weighted by molar-refractivity contribution is 0.00696. The van der Waals surface area contributed by atoms with Crippen LogP contribution in [0, 0.1) is 0 Å². The van der Waals surface area contributed by atoms with Crippen LogP contribution in [0.1, 0.15) is 96.3 Å². The molecule has 1 fully saturated rings. The number of H-pyrrole nitrogens is 1. The van der Waals surface area contributed by atoms with Crippen LogP contribution < -0.4 is 0 Å². The van der Waals surface area contributed by atoms with E-state index in [1.165, 1.54) is 24.8 Å². The maximum atomic E-state index is 12.6.